The number of pyridine rings is 1. The maximum absolute atomic E-state index is 12.9. The number of amides is 1. The number of hydrogen-bond donors (Lipinski definition) is 0. The molecule has 138 valence electrons. The standard InChI is InChI=1S/C20H29ClN2O2/c1-14(2)15-5-7-16(8-6-15)20(24)23-11-3-4-17(13-23)25-19-9-10-22-12-18(19)21/h9-10,12,14-17H,3-8,11,13H2,1-2H3. The fourth-order valence-electron chi connectivity index (χ4n) is 4.16. The Morgan fingerprint density at radius 2 is 2.04 bits per heavy atom. The van der Waals surface area contributed by atoms with Gasteiger partial charge in [0.2, 0.25) is 5.91 Å². The number of nitrogens with zero attached hydrogens (tertiary/aromatic N) is 2. The Balaban J connectivity index is 1.54. The number of ether oxygens (including phenoxy) is 1. The summed E-state index contributed by atoms with van der Waals surface area (Å²) in [5.41, 5.74) is 0. The third-order valence-electron chi connectivity index (χ3n) is 5.78. The smallest absolute Gasteiger partial charge is 0.225 e. The van der Waals surface area contributed by atoms with Crippen LogP contribution < -0.4 is 4.74 Å². The van der Waals surface area contributed by atoms with E-state index < -0.39 is 0 Å². The van der Waals surface area contributed by atoms with Crippen LogP contribution in [0.3, 0.4) is 0 Å². The second kappa shape index (κ2) is 8.39. The molecule has 0 spiro atoms. The molecule has 2 aliphatic rings. The first-order valence-electron chi connectivity index (χ1n) is 9.59. The third-order valence-corrected chi connectivity index (χ3v) is 6.07. The van der Waals surface area contributed by atoms with Crippen LogP contribution >= 0.6 is 11.6 Å². The Morgan fingerprint density at radius 1 is 1.28 bits per heavy atom. The summed E-state index contributed by atoms with van der Waals surface area (Å²) in [4.78, 5) is 18.9. The highest BCUT2D eigenvalue weighted by molar-refractivity contribution is 6.31. The van der Waals surface area contributed by atoms with Crippen LogP contribution in [0.1, 0.15) is 52.4 Å². The fraction of sp³-hybridized carbons (Fsp3) is 0.700. The van der Waals surface area contributed by atoms with Crippen molar-refractivity contribution in [2.75, 3.05) is 13.1 Å². The molecule has 1 aliphatic heterocycles. The summed E-state index contributed by atoms with van der Waals surface area (Å²) in [6.07, 6.45) is 9.70. The predicted octanol–water partition coefficient (Wildman–Crippen LogP) is 4.57. The van der Waals surface area contributed by atoms with Crippen molar-refractivity contribution in [1.29, 1.82) is 0 Å². The summed E-state index contributed by atoms with van der Waals surface area (Å²) in [5.74, 6) is 2.72. The van der Waals surface area contributed by atoms with Gasteiger partial charge in [-0.15, -0.1) is 0 Å². The molecule has 2 fully saturated rings. The highest BCUT2D eigenvalue weighted by atomic mass is 35.5. The van der Waals surface area contributed by atoms with Gasteiger partial charge in [-0.3, -0.25) is 9.78 Å². The lowest BCUT2D eigenvalue weighted by atomic mass is 9.76. The Morgan fingerprint density at radius 3 is 2.72 bits per heavy atom. The van der Waals surface area contributed by atoms with Crippen LogP contribution in [0.4, 0.5) is 0 Å². The summed E-state index contributed by atoms with van der Waals surface area (Å²) < 4.78 is 6.04. The predicted molar refractivity (Wildman–Crippen MR) is 99.8 cm³/mol. The van der Waals surface area contributed by atoms with E-state index in [0.717, 1.165) is 44.1 Å². The lowest BCUT2D eigenvalue weighted by Crippen LogP contribution is -2.47. The first kappa shape index (κ1) is 18.5. The second-order valence-corrected chi connectivity index (χ2v) is 8.24. The number of piperidine rings is 1. The van der Waals surface area contributed by atoms with E-state index in [0.29, 0.717) is 23.2 Å². The zero-order valence-electron chi connectivity index (χ0n) is 15.3. The summed E-state index contributed by atoms with van der Waals surface area (Å²) in [6, 6.07) is 1.79. The number of rotatable bonds is 4. The van der Waals surface area contributed by atoms with Gasteiger partial charge >= 0.3 is 0 Å². The summed E-state index contributed by atoms with van der Waals surface area (Å²) in [6.45, 7) is 6.11. The van der Waals surface area contributed by atoms with E-state index >= 15 is 0 Å². The molecule has 0 radical (unpaired) electrons. The van der Waals surface area contributed by atoms with E-state index in [1.807, 2.05) is 4.90 Å². The minimum atomic E-state index is 0.0182. The molecule has 5 heteroatoms. The lowest BCUT2D eigenvalue weighted by molar-refractivity contribution is -0.139. The van der Waals surface area contributed by atoms with Gasteiger partial charge in [0.1, 0.15) is 16.9 Å². The SMILES string of the molecule is CC(C)C1CCC(C(=O)N2CCCC(Oc3ccncc3Cl)C2)CC1. The monoisotopic (exact) mass is 364 g/mol. The number of likely N-dealkylation sites (tertiary alicyclic amines) is 1. The number of carbonyl (C=O) groups is 1. The first-order valence-corrected chi connectivity index (χ1v) is 9.97. The molecule has 1 aliphatic carbocycles. The van der Waals surface area contributed by atoms with Gasteiger partial charge < -0.3 is 9.64 Å². The van der Waals surface area contributed by atoms with Gasteiger partial charge in [-0.25, -0.2) is 0 Å². The Hall–Kier alpha value is -1.29. The summed E-state index contributed by atoms with van der Waals surface area (Å²) in [7, 11) is 0. The van der Waals surface area contributed by atoms with Crippen molar-refractivity contribution in [1.82, 2.24) is 9.88 Å². The topological polar surface area (TPSA) is 42.4 Å². The van der Waals surface area contributed by atoms with Gasteiger partial charge in [0.05, 0.1) is 6.54 Å². The highest BCUT2D eigenvalue weighted by Crippen LogP contribution is 2.34. The van der Waals surface area contributed by atoms with Crippen molar-refractivity contribution in [3.63, 3.8) is 0 Å². The normalized spacial score (nSPS) is 27.4. The van der Waals surface area contributed by atoms with Gasteiger partial charge in [0.15, 0.2) is 0 Å². The lowest BCUT2D eigenvalue weighted by Gasteiger charge is -2.37. The van der Waals surface area contributed by atoms with Crippen molar-refractivity contribution < 1.29 is 9.53 Å². The van der Waals surface area contributed by atoms with Crippen molar-refractivity contribution in [2.24, 2.45) is 17.8 Å². The molecule has 1 saturated heterocycles. The molecule has 3 rings (SSSR count). The van der Waals surface area contributed by atoms with Crippen molar-refractivity contribution in [3.8, 4) is 5.75 Å². The van der Waals surface area contributed by atoms with Gasteiger partial charge in [0, 0.05) is 30.9 Å². The Bertz CT molecular complexity index is 585. The largest absolute Gasteiger partial charge is 0.487 e. The van der Waals surface area contributed by atoms with Gasteiger partial charge in [-0.05, 0) is 50.4 Å². The van der Waals surface area contributed by atoms with Crippen LogP contribution in [-0.2, 0) is 4.79 Å². The van der Waals surface area contributed by atoms with E-state index in [2.05, 4.69) is 18.8 Å². The van der Waals surface area contributed by atoms with E-state index in [1.54, 1.807) is 18.5 Å². The zero-order chi connectivity index (χ0) is 17.8. The fourth-order valence-corrected chi connectivity index (χ4v) is 4.33. The third kappa shape index (κ3) is 4.66. The van der Waals surface area contributed by atoms with Gasteiger partial charge in [-0.1, -0.05) is 25.4 Å². The van der Waals surface area contributed by atoms with Gasteiger partial charge in [-0.2, -0.15) is 0 Å². The Labute approximate surface area is 155 Å². The maximum Gasteiger partial charge on any atom is 0.225 e. The highest BCUT2D eigenvalue weighted by Gasteiger charge is 2.33. The van der Waals surface area contributed by atoms with Crippen LogP contribution in [0.25, 0.3) is 0 Å². The molecule has 0 N–H and O–H groups in total. The number of halogens is 1. The Kier molecular flexibility index (Phi) is 6.21. The quantitative estimate of drug-likeness (QED) is 0.786. The van der Waals surface area contributed by atoms with Crippen LogP contribution in [0.5, 0.6) is 5.75 Å². The minimum Gasteiger partial charge on any atom is -0.487 e. The molecule has 0 bridgehead atoms. The van der Waals surface area contributed by atoms with Crippen LogP contribution in [0.15, 0.2) is 18.5 Å². The molecule has 1 aromatic rings. The minimum absolute atomic E-state index is 0.0182. The molecule has 4 nitrogen and oxygen atoms in total. The molecule has 0 aromatic carbocycles. The molecular formula is C20H29ClN2O2. The molecule has 1 atom stereocenters. The molecule has 1 unspecified atom stereocenters. The van der Waals surface area contributed by atoms with Crippen LogP contribution in [0, 0.1) is 17.8 Å². The molecule has 1 amide bonds. The van der Waals surface area contributed by atoms with Crippen molar-refractivity contribution in [3.05, 3.63) is 23.5 Å². The van der Waals surface area contributed by atoms with Crippen molar-refractivity contribution in [2.45, 2.75) is 58.5 Å². The zero-order valence-corrected chi connectivity index (χ0v) is 16.0. The van der Waals surface area contributed by atoms with E-state index in [9.17, 15) is 4.79 Å². The van der Waals surface area contributed by atoms with E-state index in [-0.39, 0.29) is 12.0 Å². The summed E-state index contributed by atoms with van der Waals surface area (Å²) in [5, 5.41) is 0.526. The number of hydrogen-bond acceptors (Lipinski definition) is 3. The van der Waals surface area contributed by atoms with E-state index in [1.165, 1.54) is 12.8 Å². The van der Waals surface area contributed by atoms with Gasteiger partial charge in [0.25, 0.3) is 0 Å². The molecule has 25 heavy (non-hydrogen) atoms. The summed E-state index contributed by atoms with van der Waals surface area (Å²) >= 11 is 6.14. The number of carbonyl (C=O) groups excluding carboxylic acids is 1. The van der Waals surface area contributed by atoms with E-state index in [4.69, 9.17) is 16.3 Å². The molecular weight excluding hydrogens is 336 g/mol. The molecule has 1 aromatic heterocycles. The number of aromatic nitrogens is 1. The average Bonchev–Trinajstić information content (AvgIpc) is 2.63. The maximum atomic E-state index is 12.9. The average molecular weight is 365 g/mol. The second-order valence-electron chi connectivity index (χ2n) is 7.83. The molecule has 1 saturated carbocycles. The first-order chi connectivity index (χ1) is 12.0. The van der Waals surface area contributed by atoms with Crippen LogP contribution in [0.2, 0.25) is 5.02 Å². The molecule has 2 heterocycles. The van der Waals surface area contributed by atoms with Crippen molar-refractivity contribution >= 4 is 17.5 Å². The van der Waals surface area contributed by atoms with Crippen LogP contribution in [-0.4, -0.2) is 35.0 Å².